The van der Waals surface area contributed by atoms with Gasteiger partial charge in [-0.25, -0.2) is 0 Å². The van der Waals surface area contributed by atoms with Crippen molar-refractivity contribution in [3.05, 3.63) is 33.8 Å². The van der Waals surface area contributed by atoms with Gasteiger partial charge in [0.15, 0.2) is 0 Å². The Morgan fingerprint density at radius 1 is 1.37 bits per heavy atom. The van der Waals surface area contributed by atoms with E-state index in [9.17, 15) is 4.79 Å². The Morgan fingerprint density at radius 3 is 2.84 bits per heavy atom. The molecule has 0 radical (unpaired) electrons. The summed E-state index contributed by atoms with van der Waals surface area (Å²) in [7, 11) is 0. The summed E-state index contributed by atoms with van der Waals surface area (Å²) in [4.78, 5) is 12.9. The average molecular weight is 302 g/mol. The topological polar surface area (TPSA) is 40.5 Å². The first-order valence-corrected chi connectivity index (χ1v) is 7.18. The summed E-state index contributed by atoms with van der Waals surface area (Å²) in [6, 6.07) is 5.70. The van der Waals surface area contributed by atoms with Crippen LogP contribution in [0.1, 0.15) is 24.8 Å². The maximum Gasteiger partial charge on any atom is 0.303 e. The molecule has 1 aliphatic rings. The minimum absolute atomic E-state index is 0.269. The van der Waals surface area contributed by atoms with E-state index in [1.165, 1.54) is 0 Å². The van der Waals surface area contributed by atoms with Crippen molar-refractivity contribution in [2.24, 2.45) is 5.92 Å². The second-order valence-electron chi connectivity index (χ2n) is 5.07. The second kappa shape index (κ2) is 6.60. The average Bonchev–Trinajstić information content (AvgIpc) is 2.79. The highest BCUT2D eigenvalue weighted by atomic mass is 35.5. The number of rotatable bonds is 5. The molecule has 0 aromatic heterocycles. The summed E-state index contributed by atoms with van der Waals surface area (Å²) in [5.74, 6) is -0.207. The molecule has 1 aliphatic heterocycles. The molecule has 1 aromatic carbocycles. The minimum atomic E-state index is -0.706. The lowest BCUT2D eigenvalue weighted by Gasteiger charge is -2.16. The number of aliphatic carboxylic acids is 1. The number of carbonyl (C=O) groups is 1. The zero-order chi connectivity index (χ0) is 13.8. The van der Waals surface area contributed by atoms with Crippen LogP contribution in [0.3, 0.4) is 0 Å². The Kier molecular flexibility index (Phi) is 5.08. The van der Waals surface area contributed by atoms with E-state index in [2.05, 4.69) is 4.90 Å². The zero-order valence-electron chi connectivity index (χ0n) is 10.6. The molecule has 0 bridgehead atoms. The van der Waals surface area contributed by atoms with Gasteiger partial charge in [0.25, 0.3) is 0 Å². The van der Waals surface area contributed by atoms with Crippen molar-refractivity contribution in [2.45, 2.75) is 25.8 Å². The Balaban J connectivity index is 1.84. The summed E-state index contributed by atoms with van der Waals surface area (Å²) in [6.45, 7) is 2.83. The molecular formula is C14H17Cl2NO2. The molecule has 0 spiro atoms. The molecule has 1 aromatic rings. The van der Waals surface area contributed by atoms with Crippen molar-refractivity contribution in [2.75, 3.05) is 13.1 Å². The summed E-state index contributed by atoms with van der Waals surface area (Å²) < 4.78 is 0. The quantitative estimate of drug-likeness (QED) is 0.902. The van der Waals surface area contributed by atoms with E-state index in [1.807, 2.05) is 18.2 Å². The van der Waals surface area contributed by atoms with Crippen molar-refractivity contribution in [3.63, 3.8) is 0 Å². The predicted octanol–water partition coefficient (Wildman–Crippen LogP) is 3.68. The van der Waals surface area contributed by atoms with Gasteiger partial charge < -0.3 is 5.11 Å². The first-order chi connectivity index (χ1) is 9.04. The van der Waals surface area contributed by atoms with Gasteiger partial charge in [0.2, 0.25) is 0 Å². The monoisotopic (exact) mass is 301 g/mol. The number of likely N-dealkylation sites (tertiary alicyclic amines) is 1. The maximum atomic E-state index is 10.6. The molecule has 19 heavy (non-hydrogen) atoms. The molecule has 1 atom stereocenters. The van der Waals surface area contributed by atoms with Crippen LogP contribution in [-0.2, 0) is 11.3 Å². The van der Waals surface area contributed by atoms with Gasteiger partial charge >= 0.3 is 5.97 Å². The molecule has 0 aliphatic carbocycles. The third kappa shape index (κ3) is 4.37. The SMILES string of the molecule is O=C(O)CCC1CCN(Cc2ccc(Cl)c(Cl)c2)C1. The Hall–Kier alpha value is -0.770. The van der Waals surface area contributed by atoms with E-state index in [-0.39, 0.29) is 6.42 Å². The number of nitrogens with zero attached hydrogens (tertiary/aromatic N) is 1. The fourth-order valence-corrected chi connectivity index (χ4v) is 2.84. The van der Waals surface area contributed by atoms with Crippen LogP contribution in [0.2, 0.25) is 10.0 Å². The van der Waals surface area contributed by atoms with E-state index >= 15 is 0 Å². The van der Waals surface area contributed by atoms with E-state index in [4.69, 9.17) is 28.3 Å². The van der Waals surface area contributed by atoms with Gasteiger partial charge in [0, 0.05) is 19.5 Å². The van der Waals surface area contributed by atoms with Crippen molar-refractivity contribution in [3.8, 4) is 0 Å². The normalized spacial score (nSPS) is 19.8. The molecular weight excluding hydrogens is 285 g/mol. The fraction of sp³-hybridized carbons (Fsp3) is 0.500. The van der Waals surface area contributed by atoms with Crippen LogP contribution in [0.25, 0.3) is 0 Å². The molecule has 1 saturated heterocycles. The Bertz CT molecular complexity index is 465. The molecule has 1 heterocycles. The highest BCUT2D eigenvalue weighted by molar-refractivity contribution is 6.42. The number of carboxylic acid groups (broad SMARTS) is 1. The minimum Gasteiger partial charge on any atom is -0.481 e. The third-order valence-corrected chi connectivity index (χ3v) is 4.27. The van der Waals surface area contributed by atoms with E-state index in [0.29, 0.717) is 16.0 Å². The molecule has 1 fully saturated rings. The van der Waals surface area contributed by atoms with Crippen LogP contribution < -0.4 is 0 Å². The Labute approximate surface area is 123 Å². The molecule has 1 unspecified atom stereocenters. The van der Waals surface area contributed by atoms with E-state index in [0.717, 1.165) is 38.0 Å². The smallest absolute Gasteiger partial charge is 0.303 e. The number of benzene rings is 1. The summed E-state index contributed by atoms with van der Waals surface area (Å²) >= 11 is 11.9. The van der Waals surface area contributed by atoms with Crippen molar-refractivity contribution < 1.29 is 9.90 Å². The first kappa shape index (κ1) is 14.6. The lowest BCUT2D eigenvalue weighted by Crippen LogP contribution is -2.20. The van der Waals surface area contributed by atoms with Gasteiger partial charge in [0.1, 0.15) is 0 Å². The molecule has 3 nitrogen and oxygen atoms in total. The highest BCUT2D eigenvalue weighted by Gasteiger charge is 2.22. The van der Waals surface area contributed by atoms with Crippen LogP contribution in [0.4, 0.5) is 0 Å². The van der Waals surface area contributed by atoms with Crippen LogP contribution >= 0.6 is 23.2 Å². The first-order valence-electron chi connectivity index (χ1n) is 6.42. The van der Waals surface area contributed by atoms with Crippen LogP contribution in [0.5, 0.6) is 0 Å². The number of hydrogen-bond acceptors (Lipinski definition) is 2. The molecule has 0 amide bonds. The van der Waals surface area contributed by atoms with Crippen molar-refractivity contribution in [1.29, 1.82) is 0 Å². The number of hydrogen-bond donors (Lipinski definition) is 1. The molecule has 5 heteroatoms. The van der Waals surface area contributed by atoms with Crippen LogP contribution in [-0.4, -0.2) is 29.1 Å². The van der Waals surface area contributed by atoms with Gasteiger partial charge in [-0.3, -0.25) is 9.69 Å². The summed E-state index contributed by atoms with van der Waals surface area (Å²) in [5.41, 5.74) is 1.15. The fourth-order valence-electron chi connectivity index (χ4n) is 2.52. The van der Waals surface area contributed by atoms with Gasteiger partial charge in [-0.1, -0.05) is 29.3 Å². The standard InChI is InChI=1S/C14H17Cl2NO2/c15-12-3-1-11(7-13(12)16)9-17-6-5-10(8-17)2-4-14(18)19/h1,3,7,10H,2,4-6,8-9H2,(H,18,19). The molecule has 0 saturated carbocycles. The molecule has 104 valence electrons. The number of halogens is 2. The van der Waals surface area contributed by atoms with Crippen molar-refractivity contribution in [1.82, 2.24) is 4.90 Å². The Morgan fingerprint density at radius 2 is 2.16 bits per heavy atom. The van der Waals surface area contributed by atoms with Gasteiger partial charge in [-0.05, 0) is 43.0 Å². The largest absolute Gasteiger partial charge is 0.481 e. The van der Waals surface area contributed by atoms with Gasteiger partial charge in [-0.15, -0.1) is 0 Å². The highest BCUT2D eigenvalue weighted by Crippen LogP contribution is 2.26. The van der Waals surface area contributed by atoms with Gasteiger partial charge in [-0.2, -0.15) is 0 Å². The van der Waals surface area contributed by atoms with E-state index < -0.39 is 5.97 Å². The van der Waals surface area contributed by atoms with Crippen LogP contribution in [0.15, 0.2) is 18.2 Å². The predicted molar refractivity (Wildman–Crippen MR) is 76.7 cm³/mol. The van der Waals surface area contributed by atoms with E-state index in [1.54, 1.807) is 0 Å². The molecule has 2 rings (SSSR count). The van der Waals surface area contributed by atoms with Gasteiger partial charge in [0.05, 0.1) is 10.0 Å². The maximum absolute atomic E-state index is 10.6. The summed E-state index contributed by atoms with van der Waals surface area (Å²) in [6.07, 6.45) is 2.12. The van der Waals surface area contributed by atoms with Crippen molar-refractivity contribution >= 4 is 29.2 Å². The lowest BCUT2D eigenvalue weighted by molar-refractivity contribution is -0.137. The van der Waals surface area contributed by atoms with Crippen LogP contribution in [0, 0.1) is 5.92 Å². The second-order valence-corrected chi connectivity index (χ2v) is 5.89. The lowest BCUT2D eigenvalue weighted by atomic mass is 10.0. The zero-order valence-corrected chi connectivity index (χ0v) is 12.1. The number of carboxylic acids is 1. The molecule has 1 N–H and O–H groups in total. The summed E-state index contributed by atoms with van der Waals surface area (Å²) in [5, 5.41) is 9.85. The third-order valence-electron chi connectivity index (χ3n) is 3.53.